The molecule has 0 saturated carbocycles. The lowest BCUT2D eigenvalue weighted by Gasteiger charge is -2.10. The van der Waals surface area contributed by atoms with Crippen LogP contribution in [0.5, 0.6) is 11.5 Å². The van der Waals surface area contributed by atoms with Crippen LogP contribution in [0.3, 0.4) is 0 Å². The van der Waals surface area contributed by atoms with E-state index in [1.165, 1.54) is 11.3 Å². The molecule has 1 aromatic heterocycles. The second kappa shape index (κ2) is 10.3. The number of aryl methyl sites for hydroxylation is 1. The maximum atomic E-state index is 12.7. The Morgan fingerprint density at radius 1 is 1.10 bits per heavy atom. The van der Waals surface area contributed by atoms with Crippen molar-refractivity contribution in [1.29, 1.82) is 0 Å². The second-order valence-electron chi connectivity index (χ2n) is 6.48. The number of carbonyl (C=O) groups is 2. The Labute approximate surface area is 189 Å². The molecule has 0 aliphatic rings. The van der Waals surface area contributed by atoms with Gasteiger partial charge in [-0.1, -0.05) is 29.8 Å². The van der Waals surface area contributed by atoms with E-state index in [1.807, 2.05) is 19.1 Å². The molecule has 3 rings (SSSR count). The maximum Gasteiger partial charge on any atom is 0.341 e. The SMILES string of the molecule is CCOC(=O)c1c(NC(=O)COc2cccc(OC)c2)sc(C)c1-c1ccc(Cl)cc1. The third-order valence-corrected chi connectivity index (χ3v) is 5.63. The van der Waals surface area contributed by atoms with Crippen LogP contribution >= 0.6 is 22.9 Å². The fraction of sp³-hybridized carbons (Fsp3) is 0.217. The minimum atomic E-state index is -0.499. The van der Waals surface area contributed by atoms with E-state index in [0.717, 1.165) is 10.4 Å². The Kier molecular flexibility index (Phi) is 7.55. The Morgan fingerprint density at radius 3 is 2.48 bits per heavy atom. The number of carbonyl (C=O) groups excluding carboxylic acids is 2. The highest BCUT2D eigenvalue weighted by atomic mass is 35.5. The quantitative estimate of drug-likeness (QED) is 0.445. The first-order valence-electron chi connectivity index (χ1n) is 9.56. The number of esters is 1. The van der Waals surface area contributed by atoms with Crippen LogP contribution in [0.25, 0.3) is 11.1 Å². The number of ether oxygens (including phenoxy) is 3. The number of halogens is 1. The van der Waals surface area contributed by atoms with Gasteiger partial charge in [-0.25, -0.2) is 4.79 Å². The first-order valence-corrected chi connectivity index (χ1v) is 10.8. The molecule has 0 saturated heterocycles. The average Bonchev–Trinajstić information content (AvgIpc) is 3.08. The zero-order valence-corrected chi connectivity index (χ0v) is 18.9. The first-order chi connectivity index (χ1) is 14.9. The molecule has 0 bridgehead atoms. The van der Waals surface area contributed by atoms with Gasteiger partial charge in [-0.15, -0.1) is 11.3 Å². The summed E-state index contributed by atoms with van der Waals surface area (Å²) in [4.78, 5) is 26.1. The largest absolute Gasteiger partial charge is 0.497 e. The van der Waals surface area contributed by atoms with E-state index in [0.29, 0.717) is 32.6 Å². The van der Waals surface area contributed by atoms with Crippen LogP contribution < -0.4 is 14.8 Å². The van der Waals surface area contributed by atoms with E-state index in [4.69, 9.17) is 25.8 Å². The van der Waals surface area contributed by atoms with Crippen molar-refractivity contribution in [3.63, 3.8) is 0 Å². The van der Waals surface area contributed by atoms with E-state index in [1.54, 1.807) is 50.4 Å². The van der Waals surface area contributed by atoms with Crippen molar-refractivity contribution < 1.29 is 23.8 Å². The Morgan fingerprint density at radius 2 is 1.81 bits per heavy atom. The minimum Gasteiger partial charge on any atom is -0.497 e. The number of methoxy groups -OCH3 is 1. The summed E-state index contributed by atoms with van der Waals surface area (Å²) in [5, 5.41) is 3.80. The third kappa shape index (κ3) is 5.57. The molecule has 0 spiro atoms. The van der Waals surface area contributed by atoms with Crippen molar-refractivity contribution in [3.05, 3.63) is 64.0 Å². The van der Waals surface area contributed by atoms with Gasteiger partial charge in [0.2, 0.25) is 0 Å². The van der Waals surface area contributed by atoms with Crippen LogP contribution in [0.4, 0.5) is 5.00 Å². The van der Waals surface area contributed by atoms with Gasteiger partial charge in [-0.05, 0) is 43.7 Å². The summed E-state index contributed by atoms with van der Waals surface area (Å²) in [5.74, 6) is 0.242. The molecule has 0 fully saturated rings. The average molecular weight is 460 g/mol. The number of thiophene rings is 1. The van der Waals surface area contributed by atoms with Gasteiger partial charge in [-0.2, -0.15) is 0 Å². The van der Waals surface area contributed by atoms with Crippen LogP contribution in [0.15, 0.2) is 48.5 Å². The Bertz CT molecular complexity index is 1080. The summed E-state index contributed by atoms with van der Waals surface area (Å²) in [6.07, 6.45) is 0. The van der Waals surface area contributed by atoms with Gasteiger partial charge in [0.1, 0.15) is 22.1 Å². The molecule has 0 aliphatic carbocycles. The maximum absolute atomic E-state index is 12.7. The van der Waals surface area contributed by atoms with Crippen molar-refractivity contribution in [3.8, 4) is 22.6 Å². The summed E-state index contributed by atoms with van der Waals surface area (Å²) < 4.78 is 15.9. The smallest absolute Gasteiger partial charge is 0.341 e. The lowest BCUT2D eigenvalue weighted by Crippen LogP contribution is -2.21. The lowest BCUT2D eigenvalue weighted by atomic mass is 10.0. The van der Waals surface area contributed by atoms with Crippen LogP contribution in [0, 0.1) is 6.92 Å². The summed E-state index contributed by atoms with van der Waals surface area (Å²) in [7, 11) is 1.56. The van der Waals surface area contributed by atoms with Crippen LogP contribution in [-0.4, -0.2) is 32.2 Å². The topological polar surface area (TPSA) is 73.9 Å². The highest BCUT2D eigenvalue weighted by Gasteiger charge is 2.25. The number of hydrogen-bond donors (Lipinski definition) is 1. The molecular weight excluding hydrogens is 438 g/mol. The molecule has 162 valence electrons. The number of nitrogens with one attached hydrogen (secondary N) is 1. The zero-order valence-electron chi connectivity index (χ0n) is 17.4. The molecule has 0 atom stereocenters. The molecule has 2 aromatic carbocycles. The molecule has 1 heterocycles. The predicted molar refractivity (Wildman–Crippen MR) is 123 cm³/mol. The van der Waals surface area contributed by atoms with Gasteiger partial charge in [0.15, 0.2) is 6.61 Å². The number of amides is 1. The molecular formula is C23H22ClNO5S. The van der Waals surface area contributed by atoms with Crippen molar-refractivity contribution in [2.75, 3.05) is 25.6 Å². The van der Waals surface area contributed by atoms with Gasteiger partial charge in [0.25, 0.3) is 5.91 Å². The molecule has 3 aromatic rings. The summed E-state index contributed by atoms with van der Waals surface area (Å²) in [6, 6.07) is 14.1. The molecule has 6 nitrogen and oxygen atoms in total. The standard InChI is InChI=1S/C23H22ClNO5S/c1-4-29-23(27)21-20(15-8-10-16(24)11-9-15)14(2)31-22(21)25-19(26)13-30-18-7-5-6-17(12-18)28-3/h5-12H,4,13H2,1-3H3,(H,25,26). The van der Waals surface area contributed by atoms with E-state index in [2.05, 4.69) is 5.32 Å². The fourth-order valence-electron chi connectivity index (χ4n) is 3.00. The van der Waals surface area contributed by atoms with Crippen LogP contribution in [0.1, 0.15) is 22.2 Å². The fourth-order valence-corrected chi connectivity index (χ4v) is 4.20. The number of hydrogen-bond acceptors (Lipinski definition) is 6. The molecule has 1 amide bonds. The molecule has 1 N–H and O–H groups in total. The number of rotatable bonds is 8. The molecule has 31 heavy (non-hydrogen) atoms. The van der Waals surface area contributed by atoms with E-state index >= 15 is 0 Å². The molecule has 0 aliphatic heterocycles. The van der Waals surface area contributed by atoms with Gasteiger partial charge < -0.3 is 19.5 Å². The van der Waals surface area contributed by atoms with E-state index in [-0.39, 0.29) is 13.2 Å². The van der Waals surface area contributed by atoms with Crippen LogP contribution in [-0.2, 0) is 9.53 Å². The second-order valence-corrected chi connectivity index (χ2v) is 8.14. The minimum absolute atomic E-state index is 0.220. The summed E-state index contributed by atoms with van der Waals surface area (Å²) in [6.45, 7) is 3.63. The third-order valence-electron chi connectivity index (χ3n) is 4.36. The number of benzene rings is 2. The van der Waals surface area contributed by atoms with Crippen molar-refractivity contribution in [2.45, 2.75) is 13.8 Å². The van der Waals surface area contributed by atoms with Gasteiger partial charge in [0.05, 0.1) is 13.7 Å². The molecule has 0 radical (unpaired) electrons. The van der Waals surface area contributed by atoms with E-state index in [9.17, 15) is 9.59 Å². The Hall–Kier alpha value is -3.03. The van der Waals surface area contributed by atoms with E-state index < -0.39 is 11.9 Å². The molecule has 0 unspecified atom stereocenters. The van der Waals surface area contributed by atoms with Gasteiger partial charge >= 0.3 is 5.97 Å². The predicted octanol–water partition coefficient (Wildman–Crippen LogP) is 5.58. The summed E-state index contributed by atoms with van der Waals surface area (Å²) in [5.41, 5.74) is 1.85. The Balaban J connectivity index is 1.84. The zero-order chi connectivity index (χ0) is 22.4. The van der Waals surface area contributed by atoms with Crippen molar-refractivity contribution in [1.82, 2.24) is 0 Å². The normalized spacial score (nSPS) is 10.5. The monoisotopic (exact) mass is 459 g/mol. The van der Waals surface area contributed by atoms with Gasteiger partial charge in [-0.3, -0.25) is 4.79 Å². The first kappa shape index (κ1) is 22.7. The highest BCUT2D eigenvalue weighted by Crippen LogP contribution is 2.40. The van der Waals surface area contributed by atoms with Crippen molar-refractivity contribution in [2.24, 2.45) is 0 Å². The highest BCUT2D eigenvalue weighted by molar-refractivity contribution is 7.17. The van der Waals surface area contributed by atoms with Crippen molar-refractivity contribution >= 4 is 39.8 Å². The summed E-state index contributed by atoms with van der Waals surface area (Å²) >= 11 is 7.31. The van der Waals surface area contributed by atoms with Gasteiger partial charge in [0, 0.05) is 21.5 Å². The molecule has 8 heteroatoms. The number of anilines is 1. The lowest BCUT2D eigenvalue weighted by molar-refractivity contribution is -0.118. The van der Waals surface area contributed by atoms with Crippen LogP contribution in [0.2, 0.25) is 5.02 Å².